The van der Waals surface area contributed by atoms with Gasteiger partial charge in [0.1, 0.15) is 12.2 Å². The number of ether oxygens (including phenoxy) is 1. The zero-order valence-corrected chi connectivity index (χ0v) is 12.2. The van der Waals surface area contributed by atoms with Crippen molar-refractivity contribution in [1.29, 1.82) is 0 Å². The number of imidazole rings is 1. The molecule has 0 radical (unpaired) electrons. The number of H-pyrrole nitrogens is 1. The molecule has 2 heterocycles. The number of carbonyl (C=O) groups excluding carboxylic acids is 1. The molecular formula is C15H15F2N3O3. The summed E-state index contributed by atoms with van der Waals surface area (Å²) >= 11 is 0. The highest BCUT2D eigenvalue weighted by Crippen LogP contribution is 2.19. The van der Waals surface area contributed by atoms with Crippen molar-refractivity contribution in [2.24, 2.45) is 0 Å². The molecular weight excluding hydrogens is 308 g/mol. The first kappa shape index (κ1) is 15.4. The van der Waals surface area contributed by atoms with Gasteiger partial charge in [0, 0.05) is 18.1 Å². The topological polar surface area (TPSA) is 77.0 Å². The molecule has 8 heteroatoms. The Morgan fingerprint density at radius 2 is 2.17 bits per heavy atom. The maximum Gasteiger partial charge on any atom is 0.344 e. The molecule has 0 spiro atoms. The molecule has 0 bridgehead atoms. The number of pyridine rings is 1. The van der Waals surface area contributed by atoms with Gasteiger partial charge >= 0.3 is 12.5 Å². The number of alkyl halides is 2. The molecule has 1 N–H and O–H groups in total. The number of hydrogen-bond donors (Lipinski definition) is 1. The van der Waals surface area contributed by atoms with E-state index in [2.05, 4.69) is 9.97 Å². The lowest BCUT2D eigenvalue weighted by atomic mass is 9.95. The Balaban J connectivity index is 1.76. The van der Waals surface area contributed by atoms with Crippen molar-refractivity contribution >= 4 is 5.97 Å². The third-order valence-corrected chi connectivity index (χ3v) is 3.85. The van der Waals surface area contributed by atoms with Crippen LogP contribution in [0.25, 0.3) is 0 Å². The van der Waals surface area contributed by atoms with Gasteiger partial charge in [-0.2, -0.15) is 8.78 Å². The zero-order valence-electron chi connectivity index (χ0n) is 12.2. The minimum atomic E-state index is -2.77. The Labute approximate surface area is 130 Å². The van der Waals surface area contributed by atoms with Crippen molar-refractivity contribution in [2.45, 2.75) is 38.8 Å². The first-order valence-electron chi connectivity index (χ1n) is 7.28. The van der Waals surface area contributed by atoms with Gasteiger partial charge in [-0.25, -0.2) is 9.78 Å². The molecule has 0 aromatic carbocycles. The van der Waals surface area contributed by atoms with E-state index in [-0.39, 0.29) is 11.4 Å². The van der Waals surface area contributed by atoms with Gasteiger partial charge in [0.15, 0.2) is 5.82 Å². The van der Waals surface area contributed by atoms with E-state index in [9.17, 15) is 18.4 Å². The molecule has 0 unspecified atom stereocenters. The number of aryl methyl sites for hydroxylation is 2. The van der Waals surface area contributed by atoms with Crippen LogP contribution in [0.5, 0.6) is 0 Å². The van der Waals surface area contributed by atoms with Crippen molar-refractivity contribution in [3.8, 4) is 0 Å². The van der Waals surface area contributed by atoms with Crippen LogP contribution >= 0.6 is 0 Å². The molecule has 0 saturated carbocycles. The largest absolute Gasteiger partial charge is 0.454 e. The van der Waals surface area contributed by atoms with Gasteiger partial charge in [-0.3, -0.25) is 9.36 Å². The smallest absolute Gasteiger partial charge is 0.344 e. The molecule has 2 aromatic heterocycles. The van der Waals surface area contributed by atoms with Crippen LogP contribution in [0.3, 0.4) is 0 Å². The third kappa shape index (κ3) is 3.15. The molecule has 6 nitrogen and oxygen atoms in total. The third-order valence-electron chi connectivity index (χ3n) is 3.85. The number of hydrogen-bond acceptors (Lipinski definition) is 4. The summed E-state index contributed by atoms with van der Waals surface area (Å²) in [4.78, 5) is 30.5. The Kier molecular flexibility index (Phi) is 4.22. The maximum absolute atomic E-state index is 12.7. The van der Waals surface area contributed by atoms with E-state index >= 15 is 0 Å². The van der Waals surface area contributed by atoms with Gasteiger partial charge in [-0.1, -0.05) is 0 Å². The van der Waals surface area contributed by atoms with Crippen molar-refractivity contribution in [3.63, 3.8) is 0 Å². The van der Waals surface area contributed by atoms with Crippen molar-refractivity contribution in [1.82, 2.24) is 14.5 Å². The number of nitrogens with zero attached hydrogens (tertiary/aromatic N) is 2. The van der Waals surface area contributed by atoms with Gasteiger partial charge in [-0.05, 0) is 37.3 Å². The quantitative estimate of drug-likeness (QED) is 0.875. The minimum Gasteiger partial charge on any atom is -0.454 e. The summed E-state index contributed by atoms with van der Waals surface area (Å²) in [7, 11) is 0. The number of nitrogens with one attached hydrogen (secondary N) is 1. The average Bonchev–Trinajstić information content (AvgIpc) is 3.00. The highest BCUT2D eigenvalue weighted by Gasteiger charge is 2.19. The van der Waals surface area contributed by atoms with E-state index in [1.54, 1.807) is 0 Å². The Hall–Kier alpha value is -2.51. The summed E-state index contributed by atoms with van der Waals surface area (Å²) < 4.78 is 30.9. The number of aromatic amines is 1. The second-order valence-electron chi connectivity index (χ2n) is 5.33. The van der Waals surface area contributed by atoms with E-state index in [1.165, 1.54) is 12.3 Å². The summed E-state index contributed by atoms with van der Waals surface area (Å²) in [5.74, 6) is -0.925. The van der Waals surface area contributed by atoms with Crippen LogP contribution < -0.4 is 5.56 Å². The summed E-state index contributed by atoms with van der Waals surface area (Å²) in [5.41, 5.74) is 1.15. The van der Waals surface area contributed by atoms with E-state index in [4.69, 9.17) is 4.74 Å². The predicted molar refractivity (Wildman–Crippen MR) is 76.3 cm³/mol. The van der Waals surface area contributed by atoms with Crippen LogP contribution in [0.2, 0.25) is 0 Å². The van der Waals surface area contributed by atoms with Crippen LogP contribution in [0.4, 0.5) is 8.78 Å². The first-order chi connectivity index (χ1) is 11.1. The second kappa shape index (κ2) is 6.31. The Bertz CT molecular complexity index is 783. The van der Waals surface area contributed by atoms with E-state index in [0.29, 0.717) is 4.57 Å². The number of esters is 1. The van der Waals surface area contributed by atoms with Crippen LogP contribution in [-0.4, -0.2) is 20.5 Å². The SMILES string of the molecule is O=C(OCc1nccn1C(F)F)c1cc2c([nH]c1=O)CCCC2. The Morgan fingerprint density at radius 3 is 2.96 bits per heavy atom. The number of rotatable bonds is 4. The number of halogens is 2. The number of carbonyl (C=O) groups is 1. The molecule has 122 valence electrons. The molecule has 1 aliphatic carbocycles. The van der Waals surface area contributed by atoms with Gasteiger partial charge in [0.05, 0.1) is 0 Å². The van der Waals surface area contributed by atoms with Crippen molar-refractivity contribution in [3.05, 3.63) is 51.5 Å². The fraction of sp³-hybridized carbons (Fsp3) is 0.400. The van der Waals surface area contributed by atoms with Crippen molar-refractivity contribution < 1.29 is 18.3 Å². The predicted octanol–water partition coefficient (Wildman–Crippen LogP) is 2.20. The normalized spacial score (nSPS) is 13.9. The van der Waals surface area contributed by atoms with Crippen LogP contribution in [0.15, 0.2) is 23.3 Å². The van der Waals surface area contributed by atoms with E-state index in [1.807, 2.05) is 0 Å². The van der Waals surface area contributed by atoms with Gasteiger partial charge < -0.3 is 9.72 Å². The molecule has 0 amide bonds. The maximum atomic E-state index is 12.7. The minimum absolute atomic E-state index is 0.0808. The summed E-state index contributed by atoms with van der Waals surface area (Å²) in [6.07, 6.45) is 5.87. The number of fused-ring (bicyclic) bond motifs is 1. The van der Waals surface area contributed by atoms with E-state index in [0.717, 1.165) is 43.1 Å². The molecule has 0 aliphatic heterocycles. The van der Waals surface area contributed by atoms with Gasteiger partial charge in [0.2, 0.25) is 0 Å². The molecule has 0 atom stereocenters. The van der Waals surface area contributed by atoms with Crippen LogP contribution in [-0.2, 0) is 24.2 Å². The summed E-state index contributed by atoms with van der Waals surface area (Å²) in [5, 5.41) is 0. The van der Waals surface area contributed by atoms with Crippen LogP contribution in [0.1, 0.15) is 46.8 Å². The lowest BCUT2D eigenvalue weighted by molar-refractivity contribution is 0.0374. The highest BCUT2D eigenvalue weighted by molar-refractivity contribution is 5.89. The zero-order chi connectivity index (χ0) is 16.4. The molecule has 0 fully saturated rings. The van der Waals surface area contributed by atoms with E-state index < -0.39 is 24.7 Å². The fourth-order valence-electron chi connectivity index (χ4n) is 2.67. The summed E-state index contributed by atoms with van der Waals surface area (Å²) in [6.45, 7) is -3.19. The van der Waals surface area contributed by atoms with Gasteiger partial charge in [0.25, 0.3) is 5.56 Å². The molecule has 0 saturated heterocycles. The molecule has 23 heavy (non-hydrogen) atoms. The fourth-order valence-corrected chi connectivity index (χ4v) is 2.67. The second-order valence-corrected chi connectivity index (χ2v) is 5.33. The Morgan fingerprint density at radius 1 is 1.39 bits per heavy atom. The number of aromatic nitrogens is 3. The standard InChI is InChI=1S/C15H15F2N3O3/c16-15(17)20-6-5-18-12(20)8-23-14(22)10-7-9-3-1-2-4-11(9)19-13(10)21/h5-7,15H,1-4,8H2,(H,19,21). The first-order valence-corrected chi connectivity index (χ1v) is 7.28. The molecule has 2 aromatic rings. The van der Waals surface area contributed by atoms with Crippen LogP contribution in [0, 0.1) is 0 Å². The lowest BCUT2D eigenvalue weighted by Gasteiger charge is -2.15. The highest BCUT2D eigenvalue weighted by atomic mass is 19.3. The average molecular weight is 323 g/mol. The molecule has 1 aliphatic rings. The molecule has 3 rings (SSSR count). The summed E-state index contributed by atoms with van der Waals surface area (Å²) in [6, 6.07) is 1.54. The van der Waals surface area contributed by atoms with Gasteiger partial charge in [-0.15, -0.1) is 0 Å². The van der Waals surface area contributed by atoms with Crippen molar-refractivity contribution in [2.75, 3.05) is 0 Å². The monoisotopic (exact) mass is 323 g/mol. The lowest BCUT2D eigenvalue weighted by Crippen LogP contribution is -2.24.